The highest BCUT2D eigenvalue weighted by Crippen LogP contribution is 2.26. The molecule has 0 saturated heterocycles. The number of aryl methyl sites for hydroxylation is 1. The molecule has 1 heterocycles. The minimum atomic E-state index is -0.554. The van der Waals surface area contributed by atoms with Crippen molar-refractivity contribution in [1.29, 1.82) is 0 Å². The van der Waals surface area contributed by atoms with E-state index in [1.54, 1.807) is 13.1 Å². The number of hydrogen-bond donors (Lipinski definition) is 1. The van der Waals surface area contributed by atoms with Crippen LogP contribution in [0.2, 0.25) is 0 Å². The fraction of sp³-hybridized carbons (Fsp3) is 0.200. The van der Waals surface area contributed by atoms with Crippen LogP contribution in [0.5, 0.6) is 0 Å². The van der Waals surface area contributed by atoms with E-state index in [1.165, 1.54) is 10.8 Å². The van der Waals surface area contributed by atoms with Crippen LogP contribution < -0.4 is 5.43 Å². The molecule has 0 fully saturated rings. The van der Waals surface area contributed by atoms with Crippen LogP contribution >= 0.6 is 0 Å². The number of rotatable bonds is 4. The Morgan fingerprint density at radius 2 is 1.96 bits per heavy atom. The monoisotopic (exact) mass is 335 g/mol. The molecule has 0 saturated carbocycles. The van der Waals surface area contributed by atoms with Gasteiger partial charge in [0.2, 0.25) is 0 Å². The number of aromatic nitrogens is 1. The average Bonchev–Trinajstić information content (AvgIpc) is 2.88. The molecule has 5 nitrogen and oxygen atoms in total. The van der Waals surface area contributed by atoms with Gasteiger partial charge in [0.25, 0.3) is 0 Å². The first-order valence-corrected chi connectivity index (χ1v) is 8.24. The van der Waals surface area contributed by atoms with Gasteiger partial charge >= 0.3 is 6.09 Å². The lowest BCUT2D eigenvalue weighted by molar-refractivity contribution is 0.152. The van der Waals surface area contributed by atoms with E-state index in [9.17, 15) is 4.79 Å². The normalized spacial score (nSPS) is 11.2. The van der Waals surface area contributed by atoms with Crippen molar-refractivity contribution in [2.75, 3.05) is 6.61 Å². The number of hydrazone groups is 1. The Bertz CT molecular complexity index is 936. The van der Waals surface area contributed by atoms with Crippen molar-refractivity contribution in [2.24, 2.45) is 5.10 Å². The average molecular weight is 335 g/mol. The van der Waals surface area contributed by atoms with Gasteiger partial charge in [0, 0.05) is 22.3 Å². The molecule has 3 aromatic rings. The van der Waals surface area contributed by atoms with Crippen molar-refractivity contribution in [3.05, 3.63) is 65.5 Å². The molecule has 0 radical (unpaired) electrons. The Morgan fingerprint density at radius 3 is 2.76 bits per heavy atom. The van der Waals surface area contributed by atoms with Crippen molar-refractivity contribution in [3.63, 3.8) is 0 Å². The van der Waals surface area contributed by atoms with E-state index < -0.39 is 6.09 Å². The predicted molar refractivity (Wildman–Crippen MR) is 101 cm³/mol. The van der Waals surface area contributed by atoms with E-state index in [1.807, 2.05) is 25.1 Å². The molecule has 1 amide bonds. The van der Waals surface area contributed by atoms with Crippen LogP contribution in [0.3, 0.4) is 0 Å². The molecule has 128 valence electrons. The third-order valence-corrected chi connectivity index (χ3v) is 4.11. The van der Waals surface area contributed by atoms with E-state index in [0.29, 0.717) is 6.61 Å². The van der Waals surface area contributed by atoms with Crippen LogP contribution in [0.4, 0.5) is 4.79 Å². The van der Waals surface area contributed by atoms with E-state index in [-0.39, 0.29) is 0 Å². The number of ether oxygens (including phenoxy) is 1. The lowest BCUT2D eigenvalue weighted by Crippen LogP contribution is -2.18. The Balaban J connectivity index is 1.97. The van der Waals surface area contributed by atoms with E-state index in [4.69, 9.17) is 4.74 Å². The summed E-state index contributed by atoms with van der Waals surface area (Å²) in [5.41, 5.74) is 6.60. The Morgan fingerprint density at radius 1 is 1.20 bits per heavy atom. The highest BCUT2D eigenvalue weighted by atomic mass is 16.5. The Kier molecular flexibility index (Phi) is 4.84. The summed E-state index contributed by atoms with van der Waals surface area (Å²) < 4.78 is 6.99. The van der Waals surface area contributed by atoms with Crippen molar-refractivity contribution in [1.82, 2.24) is 9.99 Å². The zero-order chi connectivity index (χ0) is 17.8. The van der Waals surface area contributed by atoms with Gasteiger partial charge in [-0.15, -0.1) is 0 Å². The van der Waals surface area contributed by atoms with Gasteiger partial charge in [0.05, 0.1) is 18.5 Å². The number of nitrogens with zero attached hydrogens (tertiary/aromatic N) is 2. The van der Waals surface area contributed by atoms with Crippen molar-refractivity contribution in [3.8, 4) is 5.69 Å². The SMILES string of the molecule is CCOC(=O)N/N=C\c1cc(C)n(-c2cccc3ccccc23)c1C. The van der Waals surface area contributed by atoms with Crippen molar-refractivity contribution in [2.45, 2.75) is 20.8 Å². The second-order valence-corrected chi connectivity index (χ2v) is 5.75. The predicted octanol–water partition coefficient (Wildman–Crippen LogP) is 4.33. The number of fused-ring (bicyclic) bond motifs is 1. The minimum Gasteiger partial charge on any atom is -0.449 e. The lowest BCUT2D eigenvalue weighted by atomic mass is 10.1. The van der Waals surface area contributed by atoms with Crippen LogP contribution in [0, 0.1) is 13.8 Å². The third kappa shape index (κ3) is 3.40. The van der Waals surface area contributed by atoms with Crippen molar-refractivity contribution < 1.29 is 9.53 Å². The minimum absolute atomic E-state index is 0.316. The summed E-state index contributed by atoms with van der Waals surface area (Å²) >= 11 is 0. The fourth-order valence-corrected chi connectivity index (χ4v) is 3.01. The van der Waals surface area contributed by atoms with E-state index in [0.717, 1.165) is 22.6 Å². The zero-order valence-electron chi connectivity index (χ0n) is 14.6. The van der Waals surface area contributed by atoms with Gasteiger partial charge < -0.3 is 9.30 Å². The molecule has 0 bridgehead atoms. The number of carbonyl (C=O) groups is 1. The quantitative estimate of drug-likeness (QED) is 0.570. The largest absolute Gasteiger partial charge is 0.449 e. The van der Waals surface area contributed by atoms with E-state index >= 15 is 0 Å². The number of carbonyl (C=O) groups excluding carboxylic acids is 1. The maximum absolute atomic E-state index is 11.3. The molecule has 0 unspecified atom stereocenters. The van der Waals surface area contributed by atoms with Crippen LogP contribution in [0.1, 0.15) is 23.9 Å². The highest BCUT2D eigenvalue weighted by molar-refractivity contribution is 5.91. The molecule has 1 aromatic heterocycles. The van der Waals surface area contributed by atoms with Crippen LogP contribution in [0.15, 0.2) is 53.6 Å². The lowest BCUT2D eigenvalue weighted by Gasteiger charge is -2.12. The van der Waals surface area contributed by atoms with Gasteiger partial charge in [-0.2, -0.15) is 5.10 Å². The second kappa shape index (κ2) is 7.21. The molecular formula is C20H21N3O2. The van der Waals surface area contributed by atoms with Gasteiger partial charge in [0.15, 0.2) is 0 Å². The summed E-state index contributed by atoms with van der Waals surface area (Å²) in [4.78, 5) is 11.3. The summed E-state index contributed by atoms with van der Waals surface area (Å²) in [6, 6.07) is 16.7. The molecular weight excluding hydrogens is 314 g/mol. The highest BCUT2D eigenvalue weighted by Gasteiger charge is 2.11. The van der Waals surface area contributed by atoms with Gasteiger partial charge in [-0.3, -0.25) is 0 Å². The van der Waals surface area contributed by atoms with Gasteiger partial charge in [0.1, 0.15) is 0 Å². The number of amides is 1. The first-order valence-electron chi connectivity index (χ1n) is 8.24. The van der Waals surface area contributed by atoms with E-state index in [2.05, 4.69) is 52.3 Å². The maximum Gasteiger partial charge on any atom is 0.427 e. The molecule has 0 aliphatic carbocycles. The first kappa shape index (κ1) is 16.8. The number of hydrogen-bond acceptors (Lipinski definition) is 3. The summed E-state index contributed by atoms with van der Waals surface area (Å²) in [6.45, 7) is 6.17. The molecule has 25 heavy (non-hydrogen) atoms. The number of benzene rings is 2. The topological polar surface area (TPSA) is 55.6 Å². The Hall–Kier alpha value is -3.08. The second-order valence-electron chi connectivity index (χ2n) is 5.75. The standard InChI is InChI=1S/C20H21N3O2/c1-4-25-20(24)22-21-13-17-12-14(2)23(15(17)3)19-11-7-9-16-8-5-6-10-18(16)19/h5-13H,4H2,1-3H3,(H,22,24)/b21-13-. The molecule has 0 aliphatic heterocycles. The Labute approximate surface area is 146 Å². The van der Waals surface area contributed by atoms with Gasteiger partial charge in [-0.1, -0.05) is 36.4 Å². The summed E-state index contributed by atoms with van der Waals surface area (Å²) in [5, 5.41) is 6.36. The molecule has 0 atom stereocenters. The molecule has 5 heteroatoms. The zero-order valence-corrected chi connectivity index (χ0v) is 14.6. The van der Waals surface area contributed by atoms with Crippen LogP contribution in [0.25, 0.3) is 16.5 Å². The molecule has 3 rings (SSSR count). The smallest absolute Gasteiger partial charge is 0.427 e. The number of nitrogens with one attached hydrogen (secondary N) is 1. The molecule has 0 spiro atoms. The fourth-order valence-electron chi connectivity index (χ4n) is 3.01. The van der Waals surface area contributed by atoms with Crippen LogP contribution in [-0.4, -0.2) is 23.5 Å². The first-order chi connectivity index (χ1) is 12.1. The molecule has 2 aromatic carbocycles. The summed E-state index contributed by atoms with van der Waals surface area (Å²) in [6.07, 6.45) is 1.09. The maximum atomic E-state index is 11.3. The third-order valence-electron chi connectivity index (χ3n) is 4.11. The molecule has 0 aliphatic rings. The molecule has 1 N–H and O–H groups in total. The van der Waals surface area contributed by atoms with Gasteiger partial charge in [-0.25, -0.2) is 10.2 Å². The van der Waals surface area contributed by atoms with Crippen LogP contribution in [-0.2, 0) is 4.74 Å². The summed E-state index contributed by atoms with van der Waals surface area (Å²) in [7, 11) is 0. The van der Waals surface area contributed by atoms with Gasteiger partial charge in [-0.05, 0) is 38.3 Å². The van der Waals surface area contributed by atoms with Crippen molar-refractivity contribution >= 4 is 23.1 Å². The summed E-state index contributed by atoms with van der Waals surface area (Å²) in [5.74, 6) is 0.